The fourth-order valence-electron chi connectivity index (χ4n) is 1.63. The zero-order valence-electron chi connectivity index (χ0n) is 7.21. The molecule has 3 heteroatoms. The molecule has 1 aromatic carbocycles. The molecule has 0 saturated carbocycles. The van der Waals surface area contributed by atoms with E-state index >= 15 is 0 Å². The molecular weight excluding hydrogens is 166 g/mol. The highest BCUT2D eigenvalue weighted by Gasteiger charge is 2.11. The number of phenols is 1. The molecule has 0 amide bonds. The van der Waals surface area contributed by atoms with E-state index in [0.717, 1.165) is 25.1 Å². The predicted molar refractivity (Wildman–Crippen MR) is 48.9 cm³/mol. The number of benzene rings is 1. The molecule has 0 aliphatic carbocycles. The highest BCUT2D eigenvalue weighted by molar-refractivity contribution is 5.79. The molecule has 0 radical (unpaired) electrons. The van der Waals surface area contributed by atoms with Crippen LogP contribution in [0.4, 0.5) is 0 Å². The fraction of sp³-hybridized carbons (Fsp3) is 0.300. The van der Waals surface area contributed by atoms with Crippen LogP contribution in [0, 0.1) is 0 Å². The Morgan fingerprint density at radius 1 is 1.38 bits per heavy atom. The van der Waals surface area contributed by atoms with Gasteiger partial charge in [0, 0.05) is 6.54 Å². The van der Waals surface area contributed by atoms with E-state index in [4.69, 9.17) is 0 Å². The van der Waals surface area contributed by atoms with Crippen molar-refractivity contribution in [3.8, 4) is 5.75 Å². The maximum Gasteiger partial charge on any atom is 0.153 e. The summed E-state index contributed by atoms with van der Waals surface area (Å²) in [6, 6.07) is 3.45. The molecular formula is C10H11NO2. The summed E-state index contributed by atoms with van der Waals surface area (Å²) in [4.78, 5) is 10.5. The maximum absolute atomic E-state index is 10.5. The lowest BCUT2D eigenvalue weighted by atomic mass is 9.98. The Hall–Kier alpha value is -1.35. The van der Waals surface area contributed by atoms with Gasteiger partial charge < -0.3 is 10.4 Å². The summed E-state index contributed by atoms with van der Waals surface area (Å²) in [5.41, 5.74) is 2.65. The van der Waals surface area contributed by atoms with E-state index in [1.807, 2.05) is 0 Å². The van der Waals surface area contributed by atoms with Gasteiger partial charge in [-0.2, -0.15) is 0 Å². The largest absolute Gasteiger partial charge is 0.507 e. The van der Waals surface area contributed by atoms with Crippen LogP contribution in [0.2, 0.25) is 0 Å². The minimum atomic E-state index is 0.0810. The highest BCUT2D eigenvalue weighted by atomic mass is 16.3. The molecule has 1 aromatic rings. The number of nitrogens with one attached hydrogen (secondary N) is 1. The van der Waals surface area contributed by atoms with Crippen LogP contribution in [0.1, 0.15) is 21.5 Å². The molecule has 13 heavy (non-hydrogen) atoms. The number of hydrogen-bond acceptors (Lipinski definition) is 3. The van der Waals surface area contributed by atoms with Gasteiger partial charge in [0.05, 0.1) is 5.56 Å². The van der Waals surface area contributed by atoms with Gasteiger partial charge in [-0.3, -0.25) is 4.79 Å². The van der Waals surface area contributed by atoms with Gasteiger partial charge in [0.1, 0.15) is 5.75 Å². The van der Waals surface area contributed by atoms with E-state index in [0.29, 0.717) is 11.8 Å². The monoisotopic (exact) mass is 177 g/mol. The molecule has 1 aliphatic heterocycles. The Balaban J connectivity index is 2.50. The van der Waals surface area contributed by atoms with Crippen molar-refractivity contribution in [1.29, 1.82) is 0 Å². The van der Waals surface area contributed by atoms with Gasteiger partial charge in [-0.25, -0.2) is 0 Å². The van der Waals surface area contributed by atoms with Crippen molar-refractivity contribution in [2.75, 3.05) is 6.54 Å². The molecule has 0 aromatic heterocycles. The smallest absolute Gasteiger partial charge is 0.153 e. The third kappa shape index (κ3) is 1.42. The molecule has 0 saturated heterocycles. The predicted octanol–water partition coefficient (Wildman–Crippen LogP) is 0.850. The van der Waals surface area contributed by atoms with Gasteiger partial charge in [0.15, 0.2) is 6.29 Å². The number of hydrogen-bond donors (Lipinski definition) is 2. The number of carbonyl (C=O) groups is 1. The average Bonchev–Trinajstić information content (AvgIpc) is 2.17. The maximum atomic E-state index is 10.5. The molecule has 3 nitrogen and oxygen atoms in total. The molecule has 0 atom stereocenters. The second kappa shape index (κ2) is 3.18. The van der Waals surface area contributed by atoms with Gasteiger partial charge in [0.25, 0.3) is 0 Å². The first-order valence-electron chi connectivity index (χ1n) is 4.32. The van der Waals surface area contributed by atoms with E-state index in [1.165, 1.54) is 5.56 Å². The Kier molecular flexibility index (Phi) is 2.02. The summed E-state index contributed by atoms with van der Waals surface area (Å²) in [6.07, 6.45) is 1.62. The second-order valence-corrected chi connectivity index (χ2v) is 3.22. The molecule has 0 unspecified atom stereocenters. The number of aromatic hydroxyl groups is 1. The van der Waals surface area contributed by atoms with Crippen molar-refractivity contribution < 1.29 is 9.90 Å². The molecule has 2 rings (SSSR count). The van der Waals surface area contributed by atoms with Crippen LogP contribution in [-0.2, 0) is 13.0 Å². The van der Waals surface area contributed by atoms with Crippen LogP contribution < -0.4 is 5.32 Å². The number of phenolic OH excluding ortho intramolecular Hbond substituents is 1. The van der Waals surface area contributed by atoms with Crippen LogP contribution in [0.25, 0.3) is 0 Å². The normalized spacial score (nSPS) is 15.1. The van der Waals surface area contributed by atoms with E-state index in [-0.39, 0.29) is 5.75 Å². The van der Waals surface area contributed by atoms with Gasteiger partial charge in [-0.1, -0.05) is 0 Å². The molecule has 0 fully saturated rings. The third-order valence-electron chi connectivity index (χ3n) is 2.36. The third-order valence-corrected chi connectivity index (χ3v) is 2.36. The van der Waals surface area contributed by atoms with E-state index in [2.05, 4.69) is 5.32 Å². The Bertz CT molecular complexity index is 347. The minimum Gasteiger partial charge on any atom is -0.507 e. The molecule has 1 aliphatic rings. The zero-order valence-corrected chi connectivity index (χ0v) is 7.21. The first-order chi connectivity index (χ1) is 6.31. The quantitative estimate of drug-likeness (QED) is 0.625. The first-order valence-corrected chi connectivity index (χ1v) is 4.32. The minimum absolute atomic E-state index is 0.0810. The molecule has 0 spiro atoms. The molecule has 1 heterocycles. The molecule has 2 N–H and O–H groups in total. The summed E-state index contributed by atoms with van der Waals surface area (Å²) in [6.45, 7) is 1.72. The Morgan fingerprint density at radius 3 is 3.00 bits per heavy atom. The summed E-state index contributed by atoms with van der Waals surface area (Å²) in [7, 11) is 0. The van der Waals surface area contributed by atoms with E-state index in [9.17, 15) is 9.90 Å². The number of aldehydes is 1. The van der Waals surface area contributed by atoms with Crippen molar-refractivity contribution in [3.05, 3.63) is 28.8 Å². The zero-order chi connectivity index (χ0) is 9.26. The van der Waals surface area contributed by atoms with Gasteiger partial charge >= 0.3 is 0 Å². The van der Waals surface area contributed by atoms with Crippen LogP contribution in [0.15, 0.2) is 12.1 Å². The number of fused-ring (bicyclic) bond motifs is 1. The first kappa shape index (κ1) is 8.26. The van der Waals surface area contributed by atoms with Crippen molar-refractivity contribution in [1.82, 2.24) is 5.32 Å². The van der Waals surface area contributed by atoms with Gasteiger partial charge in [-0.15, -0.1) is 0 Å². The lowest BCUT2D eigenvalue weighted by Gasteiger charge is -2.17. The molecule has 0 bridgehead atoms. The SMILES string of the molecule is O=Cc1cc2c(cc1O)CNCC2. The van der Waals surface area contributed by atoms with Crippen molar-refractivity contribution >= 4 is 6.29 Å². The van der Waals surface area contributed by atoms with Crippen molar-refractivity contribution in [2.45, 2.75) is 13.0 Å². The summed E-state index contributed by atoms with van der Waals surface area (Å²) >= 11 is 0. The van der Waals surface area contributed by atoms with E-state index < -0.39 is 0 Å². The topological polar surface area (TPSA) is 49.3 Å². The number of carbonyl (C=O) groups excluding carboxylic acids is 1. The van der Waals surface area contributed by atoms with Crippen LogP contribution in [0.3, 0.4) is 0 Å². The number of rotatable bonds is 1. The van der Waals surface area contributed by atoms with E-state index in [1.54, 1.807) is 12.1 Å². The second-order valence-electron chi connectivity index (χ2n) is 3.22. The van der Waals surface area contributed by atoms with Crippen molar-refractivity contribution in [3.63, 3.8) is 0 Å². The Labute approximate surface area is 76.4 Å². The lowest BCUT2D eigenvalue weighted by molar-refractivity contribution is 0.112. The molecule has 68 valence electrons. The Morgan fingerprint density at radius 2 is 2.23 bits per heavy atom. The summed E-state index contributed by atoms with van der Waals surface area (Å²) in [5, 5.41) is 12.6. The van der Waals surface area contributed by atoms with Crippen molar-refractivity contribution in [2.24, 2.45) is 0 Å². The van der Waals surface area contributed by atoms with Crippen LogP contribution in [0.5, 0.6) is 5.75 Å². The van der Waals surface area contributed by atoms with Crippen LogP contribution >= 0.6 is 0 Å². The fourth-order valence-corrected chi connectivity index (χ4v) is 1.63. The standard InChI is InChI=1S/C10H11NO2/c12-6-9-3-7-1-2-11-5-8(7)4-10(9)13/h3-4,6,11,13H,1-2,5H2. The van der Waals surface area contributed by atoms with Crippen LogP contribution in [-0.4, -0.2) is 17.9 Å². The summed E-state index contributed by atoms with van der Waals surface area (Å²) < 4.78 is 0. The lowest BCUT2D eigenvalue weighted by Crippen LogP contribution is -2.23. The average molecular weight is 177 g/mol. The highest BCUT2D eigenvalue weighted by Crippen LogP contribution is 2.23. The van der Waals surface area contributed by atoms with Gasteiger partial charge in [0.2, 0.25) is 0 Å². The van der Waals surface area contributed by atoms with Gasteiger partial charge in [-0.05, 0) is 36.2 Å². The summed E-state index contributed by atoms with van der Waals surface area (Å²) in [5.74, 6) is 0.0810.